The number of ether oxygens (including phenoxy) is 1. The summed E-state index contributed by atoms with van der Waals surface area (Å²) in [4.78, 5) is 10.1. The normalized spacial score (nSPS) is 10.1. The topological polar surface area (TPSA) is 84.6 Å². The van der Waals surface area contributed by atoms with Crippen LogP contribution in [0.15, 0.2) is 42.5 Å². The number of nitrogens with zero attached hydrogens (tertiary/aromatic N) is 1. The Hall–Kier alpha value is -2.76. The van der Waals surface area contributed by atoms with Crippen LogP contribution in [0.1, 0.15) is 5.56 Å². The minimum absolute atomic E-state index is 0.0415. The quantitative estimate of drug-likeness (QED) is 0.646. The summed E-state index contributed by atoms with van der Waals surface area (Å²) in [6, 6.07) is 11.3. The third-order valence-electron chi connectivity index (χ3n) is 2.86. The number of phenols is 1. The number of para-hydroxylation sites is 1. The molecule has 0 amide bonds. The number of methoxy groups -OCH3 is 1. The van der Waals surface area contributed by atoms with Crippen LogP contribution in [-0.2, 0) is 6.54 Å². The fourth-order valence-electron chi connectivity index (χ4n) is 1.77. The predicted molar refractivity (Wildman–Crippen MR) is 75.1 cm³/mol. The van der Waals surface area contributed by atoms with E-state index >= 15 is 0 Å². The summed E-state index contributed by atoms with van der Waals surface area (Å²) < 4.78 is 5.03. The second kappa shape index (κ2) is 5.92. The van der Waals surface area contributed by atoms with Crippen molar-refractivity contribution in [3.8, 4) is 11.5 Å². The number of phenolic OH excluding ortho intramolecular Hbond substituents is 1. The Morgan fingerprint density at radius 2 is 1.95 bits per heavy atom. The van der Waals surface area contributed by atoms with Crippen LogP contribution < -0.4 is 10.1 Å². The maximum atomic E-state index is 10.5. The molecule has 2 rings (SSSR count). The first kappa shape index (κ1) is 13.7. The lowest BCUT2D eigenvalue weighted by molar-refractivity contribution is -0.384. The molecule has 0 atom stereocenters. The molecule has 0 saturated carbocycles. The summed E-state index contributed by atoms with van der Waals surface area (Å²) in [6.45, 7) is 0.390. The van der Waals surface area contributed by atoms with Gasteiger partial charge in [0.15, 0.2) is 11.5 Å². The number of hydrogen-bond donors (Lipinski definition) is 2. The van der Waals surface area contributed by atoms with Gasteiger partial charge in [-0.25, -0.2) is 0 Å². The molecule has 0 aromatic heterocycles. The average Bonchev–Trinajstić information content (AvgIpc) is 2.46. The number of rotatable bonds is 5. The van der Waals surface area contributed by atoms with Crippen LogP contribution in [0, 0.1) is 10.1 Å². The second-order valence-corrected chi connectivity index (χ2v) is 4.13. The Kier molecular flexibility index (Phi) is 4.05. The summed E-state index contributed by atoms with van der Waals surface area (Å²) in [5, 5.41) is 23.6. The van der Waals surface area contributed by atoms with E-state index in [9.17, 15) is 15.2 Å². The van der Waals surface area contributed by atoms with Gasteiger partial charge < -0.3 is 15.2 Å². The molecule has 0 bridgehead atoms. The Labute approximate surface area is 115 Å². The van der Waals surface area contributed by atoms with Crippen molar-refractivity contribution < 1.29 is 14.8 Å². The SMILES string of the molecule is COc1cccc(CNc2ccc([N+](=O)[O-])cc2)c1O. The molecule has 6 heteroatoms. The molecule has 0 fully saturated rings. The summed E-state index contributed by atoms with van der Waals surface area (Å²) in [5.74, 6) is 0.498. The second-order valence-electron chi connectivity index (χ2n) is 4.13. The minimum Gasteiger partial charge on any atom is -0.504 e. The van der Waals surface area contributed by atoms with Crippen LogP contribution >= 0.6 is 0 Å². The molecule has 6 nitrogen and oxygen atoms in total. The van der Waals surface area contributed by atoms with Crippen molar-refractivity contribution in [2.24, 2.45) is 0 Å². The van der Waals surface area contributed by atoms with E-state index in [-0.39, 0.29) is 11.4 Å². The van der Waals surface area contributed by atoms with E-state index in [0.717, 1.165) is 5.69 Å². The van der Waals surface area contributed by atoms with Crippen LogP contribution in [0.4, 0.5) is 11.4 Å². The highest BCUT2D eigenvalue weighted by molar-refractivity contribution is 5.51. The third kappa shape index (κ3) is 2.97. The summed E-state index contributed by atoms with van der Waals surface area (Å²) in [5.41, 5.74) is 1.46. The van der Waals surface area contributed by atoms with Crippen LogP contribution in [0.3, 0.4) is 0 Å². The molecule has 0 spiro atoms. The van der Waals surface area contributed by atoms with Gasteiger partial charge >= 0.3 is 0 Å². The fraction of sp³-hybridized carbons (Fsp3) is 0.143. The zero-order valence-electron chi connectivity index (χ0n) is 10.9. The highest BCUT2D eigenvalue weighted by Gasteiger charge is 2.07. The first-order chi connectivity index (χ1) is 9.61. The lowest BCUT2D eigenvalue weighted by Gasteiger charge is -2.10. The number of hydrogen-bond acceptors (Lipinski definition) is 5. The van der Waals surface area contributed by atoms with Gasteiger partial charge in [-0.1, -0.05) is 12.1 Å². The smallest absolute Gasteiger partial charge is 0.269 e. The Balaban J connectivity index is 2.07. The highest BCUT2D eigenvalue weighted by Crippen LogP contribution is 2.29. The number of benzene rings is 2. The van der Waals surface area contributed by atoms with Crippen LogP contribution in [0.25, 0.3) is 0 Å². The van der Waals surface area contributed by atoms with Gasteiger partial charge in [-0.15, -0.1) is 0 Å². The Bertz CT molecular complexity index is 611. The largest absolute Gasteiger partial charge is 0.504 e. The summed E-state index contributed by atoms with van der Waals surface area (Å²) in [6.07, 6.45) is 0. The molecular weight excluding hydrogens is 260 g/mol. The van der Waals surface area contributed by atoms with Crippen molar-refractivity contribution in [1.82, 2.24) is 0 Å². The van der Waals surface area contributed by atoms with E-state index in [2.05, 4.69) is 5.32 Å². The zero-order valence-corrected chi connectivity index (χ0v) is 10.9. The van der Waals surface area contributed by atoms with Crippen molar-refractivity contribution in [3.63, 3.8) is 0 Å². The van der Waals surface area contributed by atoms with Crippen molar-refractivity contribution in [2.75, 3.05) is 12.4 Å². The van der Waals surface area contributed by atoms with Crippen molar-refractivity contribution in [2.45, 2.75) is 6.54 Å². The summed E-state index contributed by atoms with van der Waals surface area (Å²) in [7, 11) is 1.49. The lowest BCUT2D eigenvalue weighted by Crippen LogP contribution is -2.00. The van der Waals surface area contributed by atoms with Gasteiger partial charge in [0.05, 0.1) is 12.0 Å². The van der Waals surface area contributed by atoms with Gasteiger partial charge in [0.2, 0.25) is 0 Å². The van der Waals surface area contributed by atoms with E-state index < -0.39 is 4.92 Å². The predicted octanol–water partition coefficient (Wildman–Crippen LogP) is 2.92. The third-order valence-corrected chi connectivity index (χ3v) is 2.86. The van der Waals surface area contributed by atoms with Gasteiger partial charge in [0, 0.05) is 29.9 Å². The maximum absolute atomic E-state index is 10.5. The van der Waals surface area contributed by atoms with Crippen molar-refractivity contribution in [3.05, 3.63) is 58.1 Å². The van der Waals surface area contributed by atoms with Crippen LogP contribution in [0.2, 0.25) is 0 Å². The van der Waals surface area contributed by atoms with Crippen LogP contribution in [-0.4, -0.2) is 17.1 Å². The molecular formula is C14H14N2O4. The van der Waals surface area contributed by atoms with Gasteiger partial charge in [-0.3, -0.25) is 10.1 Å². The Morgan fingerprint density at radius 3 is 2.55 bits per heavy atom. The fourth-order valence-corrected chi connectivity index (χ4v) is 1.77. The van der Waals surface area contributed by atoms with E-state index in [1.807, 2.05) is 0 Å². The van der Waals surface area contributed by atoms with Gasteiger partial charge in [0.25, 0.3) is 5.69 Å². The van der Waals surface area contributed by atoms with Crippen molar-refractivity contribution >= 4 is 11.4 Å². The number of nitro groups is 1. The average molecular weight is 274 g/mol. The van der Waals surface area contributed by atoms with E-state index in [4.69, 9.17) is 4.74 Å². The maximum Gasteiger partial charge on any atom is 0.269 e. The molecule has 0 radical (unpaired) electrons. The molecule has 0 aliphatic carbocycles. The number of aromatic hydroxyl groups is 1. The standard InChI is InChI=1S/C14H14N2O4/c1-20-13-4-2-3-10(14(13)17)9-15-11-5-7-12(8-6-11)16(18)19/h2-8,15,17H,9H2,1H3. The van der Waals surface area contributed by atoms with Gasteiger partial charge in [-0.2, -0.15) is 0 Å². The molecule has 2 aromatic rings. The molecule has 20 heavy (non-hydrogen) atoms. The molecule has 0 unspecified atom stereocenters. The highest BCUT2D eigenvalue weighted by atomic mass is 16.6. The number of nitro benzene ring substituents is 1. The molecule has 2 N–H and O–H groups in total. The molecule has 0 heterocycles. The van der Waals surface area contributed by atoms with E-state index in [1.54, 1.807) is 30.3 Å². The lowest BCUT2D eigenvalue weighted by atomic mass is 10.2. The van der Waals surface area contributed by atoms with Gasteiger partial charge in [-0.05, 0) is 18.2 Å². The molecule has 0 saturated heterocycles. The van der Waals surface area contributed by atoms with Crippen molar-refractivity contribution in [1.29, 1.82) is 0 Å². The monoisotopic (exact) mass is 274 g/mol. The molecule has 0 aliphatic heterocycles. The van der Waals surface area contributed by atoms with Crippen LogP contribution in [0.5, 0.6) is 11.5 Å². The first-order valence-corrected chi connectivity index (χ1v) is 5.95. The molecule has 2 aromatic carbocycles. The summed E-state index contributed by atoms with van der Waals surface area (Å²) >= 11 is 0. The molecule has 104 valence electrons. The number of nitrogens with one attached hydrogen (secondary N) is 1. The van der Waals surface area contributed by atoms with E-state index in [1.165, 1.54) is 19.2 Å². The van der Waals surface area contributed by atoms with Gasteiger partial charge in [0.1, 0.15) is 0 Å². The number of anilines is 1. The first-order valence-electron chi connectivity index (χ1n) is 5.95. The Morgan fingerprint density at radius 1 is 1.25 bits per heavy atom. The minimum atomic E-state index is -0.447. The number of non-ortho nitro benzene ring substituents is 1. The molecule has 0 aliphatic rings. The van der Waals surface area contributed by atoms with E-state index in [0.29, 0.717) is 17.9 Å². The zero-order chi connectivity index (χ0) is 14.5.